The number of rotatable bonds is 5. The van der Waals surface area contributed by atoms with Gasteiger partial charge in [-0.05, 0) is 37.1 Å². The predicted octanol–water partition coefficient (Wildman–Crippen LogP) is 4.33. The van der Waals surface area contributed by atoms with Gasteiger partial charge in [-0.15, -0.1) is 0 Å². The lowest BCUT2D eigenvalue weighted by atomic mass is 10.0. The van der Waals surface area contributed by atoms with Crippen LogP contribution in [0.4, 0.5) is 39.5 Å². The summed E-state index contributed by atoms with van der Waals surface area (Å²) in [5.41, 5.74) is 2.07. The Morgan fingerprint density at radius 1 is 0.800 bits per heavy atom. The molecule has 2 aliphatic rings. The van der Waals surface area contributed by atoms with Gasteiger partial charge in [-0.3, -0.25) is 14.9 Å². The first kappa shape index (κ1) is 39.0. The smallest absolute Gasteiger partial charge is 0.475 e. The molecule has 0 amide bonds. The molecule has 2 aromatic rings. The zero-order valence-corrected chi connectivity index (χ0v) is 22.7. The second-order valence-corrected chi connectivity index (χ2v) is 8.87. The molecule has 20 heteroatoms. The molecule has 3 atom stereocenters. The normalized spacial score (nSPS) is 19.7. The number of alkyl halides is 9. The van der Waals surface area contributed by atoms with Crippen molar-refractivity contribution in [2.45, 2.75) is 62.8 Å². The summed E-state index contributed by atoms with van der Waals surface area (Å²) in [6.07, 6.45) is -9.05. The van der Waals surface area contributed by atoms with Crippen LogP contribution >= 0.6 is 0 Å². The lowest BCUT2D eigenvalue weighted by molar-refractivity contribution is -0.193. The van der Waals surface area contributed by atoms with Crippen molar-refractivity contribution in [1.29, 1.82) is 0 Å². The average molecular weight is 667 g/mol. The van der Waals surface area contributed by atoms with E-state index in [2.05, 4.69) is 20.9 Å². The number of aromatic nitrogens is 2. The lowest BCUT2D eigenvalue weighted by Crippen LogP contribution is -2.41. The first-order chi connectivity index (χ1) is 20.7. The Bertz CT molecular complexity index is 1140. The van der Waals surface area contributed by atoms with Crippen LogP contribution in [-0.2, 0) is 37.0 Å². The van der Waals surface area contributed by atoms with Crippen LogP contribution in [0.2, 0.25) is 0 Å². The zero-order chi connectivity index (χ0) is 34.4. The second-order valence-electron chi connectivity index (χ2n) is 8.87. The van der Waals surface area contributed by atoms with Gasteiger partial charge in [0.05, 0.1) is 24.1 Å². The largest absolute Gasteiger partial charge is 0.490 e. The molecule has 2 aromatic heterocycles. The Hall–Kier alpha value is -4.04. The summed E-state index contributed by atoms with van der Waals surface area (Å²) < 4.78 is 107. The molecule has 0 aromatic carbocycles. The monoisotopic (exact) mass is 667 g/mol. The molecule has 0 spiro atoms. The quantitative estimate of drug-likeness (QED) is 0.390. The van der Waals surface area contributed by atoms with E-state index in [0.29, 0.717) is 12.6 Å². The van der Waals surface area contributed by atoms with E-state index in [1.807, 2.05) is 36.5 Å². The summed E-state index contributed by atoms with van der Waals surface area (Å²) in [6.45, 7) is 3.12. The van der Waals surface area contributed by atoms with Crippen LogP contribution in [0.25, 0.3) is 0 Å². The van der Waals surface area contributed by atoms with Gasteiger partial charge in [-0.25, -0.2) is 14.4 Å². The summed E-state index contributed by atoms with van der Waals surface area (Å²) in [6, 6.07) is 12.4. The minimum atomic E-state index is -5.08. The van der Waals surface area contributed by atoms with Crippen LogP contribution in [-0.4, -0.2) is 98.0 Å². The van der Waals surface area contributed by atoms with E-state index in [1.165, 1.54) is 6.42 Å². The molecule has 4 heterocycles. The van der Waals surface area contributed by atoms with Gasteiger partial charge < -0.3 is 24.8 Å². The Labute approximate surface area is 248 Å². The van der Waals surface area contributed by atoms with Crippen LogP contribution in [0.15, 0.2) is 48.8 Å². The summed E-state index contributed by atoms with van der Waals surface area (Å²) in [4.78, 5) is 38.0. The Morgan fingerprint density at radius 3 is 1.64 bits per heavy atom. The number of nitrogens with zero attached hydrogens (tertiary/aromatic N) is 3. The minimum Gasteiger partial charge on any atom is -0.475 e. The number of carboxylic acids is 3. The van der Waals surface area contributed by atoms with Crippen LogP contribution in [0, 0.1) is 0 Å². The van der Waals surface area contributed by atoms with Crippen molar-refractivity contribution in [3.05, 3.63) is 60.2 Å². The van der Waals surface area contributed by atoms with Gasteiger partial charge in [0.25, 0.3) is 0 Å². The molecule has 45 heavy (non-hydrogen) atoms. The molecule has 4 rings (SSSR count). The van der Waals surface area contributed by atoms with E-state index in [0.717, 1.165) is 37.5 Å². The number of likely N-dealkylation sites (tertiary alicyclic amines) is 1. The molecular formula is C25H26F9N3O8. The highest BCUT2D eigenvalue weighted by atomic mass is 19.4. The number of halogens is 9. The van der Waals surface area contributed by atoms with Crippen molar-refractivity contribution in [1.82, 2.24) is 14.9 Å². The van der Waals surface area contributed by atoms with E-state index in [9.17, 15) is 39.5 Å². The first-order valence-corrected chi connectivity index (χ1v) is 12.4. The number of aliphatic carboxylic acids is 3. The highest BCUT2D eigenvalue weighted by Crippen LogP contribution is 2.32. The van der Waals surface area contributed by atoms with Crippen LogP contribution < -0.4 is 0 Å². The fourth-order valence-electron chi connectivity index (χ4n) is 3.71. The summed E-state index contributed by atoms with van der Waals surface area (Å²) in [7, 11) is 0. The number of pyridine rings is 2. The van der Waals surface area contributed by atoms with Crippen molar-refractivity contribution < 1.29 is 78.7 Å². The molecule has 0 unspecified atom stereocenters. The molecule has 0 radical (unpaired) electrons. The third kappa shape index (κ3) is 15.0. The molecule has 252 valence electrons. The molecule has 0 aliphatic carbocycles. The molecule has 0 bridgehead atoms. The maximum atomic E-state index is 10.6. The first-order valence-electron chi connectivity index (χ1n) is 12.4. The van der Waals surface area contributed by atoms with Crippen molar-refractivity contribution >= 4 is 17.9 Å². The van der Waals surface area contributed by atoms with Gasteiger partial charge >= 0.3 is 36.4 Å². The standard InChI is InChI=1S/C19H23N3O2.3C2HF3O2/c1-3-9-20-15(6-1)12-22-13-18(19-17(22)8-5-11-23-19)24-14-16-7-2-4-10-21-16;3*3-2(4,5)1(6)7/h1-4,6-7,9-10,17-19H,5,8,11-14H2;3*(H,6,7)/t17-,18+,19+;;;/m0.../s1. The van der Waals surface area contributed by atoms with Gasteiger partial charge in [-0.2, -0.15) is 39.5 Å². The SMILES string of the molecule is O=C(O)C(F)(F)F.O=C(O)C(F)(F)F.O=C(O)C(F)(F)F.c1ccc(CO[C@@H]2CN(Cc3ccccn3)[C@H]3CCCO[C@@H]23)nc1. The third-order valence-electron chi connectivity index (χ3n) is 5.57. The third-order valence-corrected chi connectivity index (χ3v) is 5.57. The number of hydrogen-bond acceptors (Lipinski definition) is 8. The van der Waals surface area contributed by atoms with Gasteiger partial charge in [0.1, 0.15) is 6.10 Å². The Balaban J connectivity index is 0.000000396. The van der Waals surface area contributed by atoms with E-state index in [4.69, 9.17) is 39.2 Å². The Kier molecular flexibility index (Phi) is 15.1. The van der Waals surface area contributed by atoms with Crippen LogP contribution in [0.5, 0.6) is 0 Å². The number of hydrogen-bond donors (Lipinski definition) is 3. The van der Waals surface area contributed by atoms with Crippen molar-refractivity contribution in [2.24, 2.45) is 0 Å². The van der Waals surface area contributed by atoms with Crippen molar-refractivity contribution in [3.63, 3.8) is 0 Å². The number of fused-ring (bicyclic) bond motifs is 1. The van der Waals surface area contributed by atoms with E-state index >= 15 is 0 Å². The predicted molar refractivity (Wildman–Crippen MR) is 131 cm³/mol. The maximum absolute atomic E-state index is 10.6. The fraction of sp³-hybridized carbons (Fsp3) is 0.480. The average Bonchev–Trinajstić information content (AvgIpc) is 3.29. The van der Waals surface area contributed by atoms with Gasteiger partial charge in [0.2, 0.25) is 0 Å². The number of carbonyl (C=O) groups is 3. The summed E-state index contributed by atoms with van der Waals surface area (Å²) in [5, 5.41) is 21.4. The zero-order valence-electron chi connectivity index (χ0n) is 22.7. The van der Waals surface area contributed by atoms with E-state index in [-0.39, 0.29) is 12.2 Å². The topological polar surface area (TPSA) is 159 Å². The molecule has 2 aliphatic heterocycles. The van der Waals surface area contributed by atoms with Gasteiger partial charge in [0.15, 0.2) is 0 Å². The highest BCUT2D eigenvalue weighted by molar-refractivity contribution is 5.73. The van der Waals surface area contributed by atoms with E-state index < -0.39 is 36.4 Å². The van der Waals surface area contributed by atoms with Crippen LogP contribution in [0.1, 0.15) is 24.2 Å². The van der Waals surface area contributed by atoms with Crippen LogP contribution in [0.3, 0.4) is 0 Å². The summed E-state index contributed by atoms with van der Waals surface area (Å²) in [5.74, 6) is -8.27. The second kappa shape index (κ2) is 17.4. The summed E-state index contributed by atoms with van der Waals surface area (Å²) >= 11 is 0. The molecule has 2 saturated heterocycles. The van der Waals surface area contributed by atoms with E-state index in [1.54, 1.807) is 6.20 Å². The molecule has 0 saturated carbocycles. The highest BCUT2D eigenvalue weighted by Gasteiger charge is 2.45. The molecular weight excluding hydrogens is 641 g/mol. The number of ether oxygens (including phenoxy) is 2. The molecule has 2 fully saturated rings. The maximum Gasteiger partial charge on any atom is 0.490 e. The Morgan fingerprint density at radius 2 is 1.24 bits per heavy atom. The van der Waals surface area contributed by atoms with Crippen molar-refractivity contribution in [3.8, 4) is 0 Å². The minimum absolute atomic E-state index is 0.0982. The fourth-order valence-corrected chi connectivity index (χ4v) is 3.71. The molecule has 3 N–H and O–H groups in total. The van der Waals surface area contributed by atoms with Crippen molar-refractivity contribution in [2.75, 3.05) is 13.2 Å². The lowest BCUT2D eigenvalue weighted by Gasteiger charge is -2.32. The van der Waals surface area contributed by atoms with Gasteiger partial charge in [-0.1, -0.05) is 12.1 Å². The molecule has 11 nitrogen and oxygen atoms in total. The number of carboxylic acid groups (broad SMARTS) is 3. The van der Waals surface area contributed by atoms with Gasteiger partial charge in [0, 0.05) is 38.1 Å².